The van der Waals surface area contributed by atoms with Crippen molar-refractivity contribution >= 4 is 11.9 Å². The van der Waals surface area contributed by atoms with Gasteiger partial charge in [0.2, 0.25) is 5.82 Å². The summed E-state index contributed by atoms with van der Waals surface area (Å²) in [4.78, 5) is 35.4. The Morgan fingerprint density at radius 3 is 2.66 bits per heavy atom. The lowest BCUT2D eigenvalue weighted by Crippen LogP contribution is -2.33. The fourth-order valence-electron chi connectivity index (χ4n) is 2.70. The Morgan fingerprint density at radius 1 is 1.07 bits per heavy atom. The Labute approximate surface area is 164 Å². The largest absolute Gasteiger partial charge is 0.340 e. The second-order valence-electron chi connectivity index (χ2n) is 6.22. The second kappa shape index (κ2) is 7.77. The van der Waals surface area contributed by atoms with E-state index >= 15 is 0 Å². The molecule has 0 fully saturated rings. The van der Waals surface area contributed by atoms with E-state index in [1.54, 1.807) is 30.6 Å². The van der Waals surface area contributed by atoms with Crippen LogP contribution in [0.25, 0.3) is 22.6 Å². The topological polar surface area (TPSA) is 126 Å². The zero-order valence-corrected chi connectivity index (χ0v) is 15.3. The van der Waals surface area contributed by atoms with E-state index in [2.05, 4.69) is 31.0 Å². The standard InChI is InChI=1S/C20H16N6O3/c1-12-3-2-4-14(11-12)16-6-5-15(18(27)22-16)19(28)24-25-20-23-17(26-29-20)13-7-9-21-10-8-13/h2-11H,1H3,(H,22,27)(H,24,28)(H,23,25,26). The lowest BCUT2D eigenvalue weighted by molar-refractivity contribution is 0.0959. The molecule has 1 amide bonds. The minimum atomic E-state index is -0.634. The van der Waals surface area contributed by atoms with Gasteiger partial charge in [-0.25, -0.2) is 5.43 Å². The normalized spacial score (nSPS) is 10.5. The van der Waals surface area contributed by atoms with Crippen LogP contribution in [0, 0.1) is 6.92 Å². The van der Waals surface area contributed by atoms with Gasteiger partial charge in [0.05, 0.1) is 0 Å². The van der Waals surface area contributed by atoms with E-state index in [0.29, 0.717) is 17.1 Å². The van der Waals surface area contributed by atoms with E-state index in [0.717, 1.165) is 11.1 Å². The molecule has 0 saturated carbocycles. The molecule has 4 aromatic rings. The summed E-state index contributed by atoms with van der Waals surface area (Å²) in [7, 11) is 0. The van der Waals surface area contributed by atoms with Crippen LogP contribution >= 0.6 is 0 Å². The number of carbonyl (C=O) groups is 1. The molecule has 0 atom stereocenters. The Morgan fingerprint density at radius 2 is 1.90 bits per heavy atom. The van der Waals surface area contributed by atoms with Crippen molar-refractivity contribution in [2.75, 3.05) is 5.43 Å². The molecule has 29 heavy (non-hydrogen) atoms. The number of nitrogens with zero attached hydrogens (tertiary/aromatic N) is 3. The number of anilines is 1. The van der Waals surface area contributed by atoms with Crippen LogP contribution in [0.5, 0.6) is 0 Å². The Bertz CT molecular complexity index is 1220. The number of hydrazine groups is 1. The SMILES string of the molecule is Cc1cccc(-c2ccc(C(=O)NNc3nc(-c4ccncc4)no3)c(=O)[nH]2)c1. The molecule has 0 unspecified atom stereocenters. The van der Waals surface area contributed by atoms with Gasteiger partial charge in [-0.05, 0) is 42.8 Å². The van der Waals surface area contributed by atoms with Gasteiger partial charge in [-0.3, -0.25) is 20.0 Å². The van der Waals surface area contributed by atoms with E-state index < -0.39 is 11.5 Å². The van der Waals surface area contributed by atoms with Gasteiger partial charge >= 0.3 is 6.01 Å². The van der Waals surface area contributed by atoms with E-state index in [9.17, 15) is 9.59 Å². The van der Waals surface area contributed by atoms with Crippen molar-refractivity contribution in [3.63, 3.8) is 0 Å². The molecule has 3 N–H and O–H groups in total. The summed E-state index contributed by atoms with van der Waals surface area (Å²) in [6.45, 7) is 1.96. The Hall–Kier alpha value is -4.27. The van der Waals surface area contributed by atoms with E-state index in [1.807, 2.05) is 31.2 Å². The highest BCUT2D eigenvalue weighted by Crippen LogP contribution is 2.17. The van der Waals surface area contributed by atoms with Crippen molar-refractivity contribution in [3.05, 3.63) is 82.4 Å². The maximum Gasteiger partial charge on any atom is 0.340 e. The van der Waals surface area contributed by atoms with Crippen LogP contribution < -0.4 is 16.4 Å². The quantitative estimate of drug-likeness (QED) is 0.449. The Balaban J connectivity index is 1.45. The van der Waals surface area contributed by atoms with Crippen LogP contribution in [0.2, 0.25) is 0 Å². The molecule has 3 heterocycles. The fourth-order valence-corrected chi connectivity index (χ4v) is 2.70. The second-order valence-corrected chi connectivity index (χ2v) is 6.22. The third kappa shape index (κ3) is 4.03. The number of nitrogens with one attached hydrogen (secondary N) is 3. The maximum atomic E-state index is 12.3. The minimum Gasteiger partial charge on any atom is -0.321 e. The lowest BCUT2D eigenvalue weighted by atomic mass is 10.1. The predicted molar refractivity (Wildman–Crippen MR) is 106 cm³/mol. The zero-order chi connectivity index (χ0) is 20.2. The molecule has 0 aliphatic carbocycles. The molecule has 0 bridgehead atoms. The number of pyridine rings is 2. The number of benzene rings is 1. The number of H-pyrrole nitrogens is 1. The summed E-state index contributed by atoms with van der Waals surface area (Å²) in [5.41, 5.74) is 7.59. The van der Waals surface area contributed by atoms with Crippen LogP contribution in [-0.4, -0.2) is 26.0 Å². The third-order valence-electron chi connectivity index (χ3n) is 4.13. The van der Waals surface area contributed by atoms with Crippen molar-refractivity contribution in [1.82, 2.24) is 25.5 Å². The van der Waals surface area contributed by atoms with Gasteiger partial charge in [-0.1, -0.05) is 28.9 Å². The van der Waals surface area contributed by atoms with Crippen molar-refractivity contribution in [2.45, 2.75) is 6.92 Å². The minimum absolute atomic E-state index is 0.0158. The smallest absolute Gasteiger partial charge is 0.321 e. The van der Waals surface area contributed by atoms with Crippen molar-refractivity contribution in [2.24, 2.45) is 0 Å². The van der Waals surface area contributed by atoms with Crippen molar-refractivity contribution in [1.29, 1.82) is 0 Å². The molecule has 0 radical (unpaired) electrons. The van der Waals surface area contributed by atoms with Crippen LogP contribution in [0.4, 0.5) is 6.01 Å². The van der Waals surface area contributed by atoms with E-state index in [-0.39, 0.29) is 11.6 Å². The number of hydrogen-bond donors (Lipinski definition) is 3. The first kappa shape index (κ1) is 18.1. The molecule has 144 valence electrons. The number of hydrogen-bond acceptors (Lipinski definition) is 7. The van der Waals surface area contributed by atoms with Gasteiger partial charge < -0.3 is 9.51 Å². The van der Waals surface area contributed by atoms with Crippen LogP contribution in [0.15, 0.2) is 70.2 Å². The number of aromatic nitrogens is 4. The molecule has 1 aromatic carbocycles. The molecular weight excluding hydrogens is 372 g/mol. The van der Waals surface area contributed by atoms with E-state index in [4.69, 9.17) is 4.52 Å². The van der Waals surface area contributed by atoms with Gasteiger partial charge in [0.25, 0.3) is 11.5 Å². The third-order valence-corrected chi connectivity index (χ3v) is 4.13. The molecule has 0 aliphatic rings. The molecule has 4 rings (SSSR count). The number of carbonyl (C=O) groups excluding carboxylic acids is 1. The average molecular weight is 388 g/mol. The van der Waals surface area contributed by atoms with Gasteiger partial charge in [0.1, 0.15) is 5.56 Å². The number of rotatable bonds is 5. The molecule has 0 saturated heterocycles. The number of amides is 1. The van der Waals surface area contributed by atoms with Gasteiger partial charge in [-0.15, -0.1) is 0 Å². The molecule has 9 heteroatoms. The van der Waals surface area contributed by atoms with Crippen LogP contribution in [-0.2, 0) is 0 Å². The molecule has 0 spiro atoms. The first-order valence-electron chi connectivity index (χ1n) is 8.71. The van der Waals surface area contributed by atoms with Gasteiger partial charge in [-0.2, -0.15) is 4.98 Å². The number of aryl methyl sites for hydroxylation is 1. The van der Waals surface area contributed by atoms with Gasteiger partial charge in [0, 0.05) is 23.7 Å². The van der Waals surface area contributed by atoms with E-state index in [1.165, 1.54) is 6.07 Å². The first-order valence-corrected chi connectivity index (χ1v) is 8.71. The van der Waals surface area contributed by atoms with Crippen LogP contribution in [0.1, 0.15) is 15.9 Å². The summed E-state index contributed by atoms with van der Waals surface area (Å²) in [5.74, 6) is -0.296. The molecule has 9 nitrogen and oxygen atoms in total. The monoisotopic (exact) mass is 388 g/mol. The predicted octanol–water partition coefficient (Wildman–Crippen LogP) is 2.55. The summed E-state index contributed by atoms with van der Waals surface area (Å²) < 4.78 is 5.03. The fraction of sp³-hybridized carbons (Fsp3) is 0.0500. The summed E-state index contributed by atoms with van der Waals surface area (Å²) in [6.07, 6.45) is 3.21. The Kier molecular flexibility index (Phi) is 4.85. The first-order chi connectivity index (χ1) is 14.1. The highest BCUT2D eigenvalue weighted by atomic mass is 16.5. The highest BCUT2D eigenvalue weighted by molar-refractivity contribution is 5.94. The average Bonchev–Trinajstić information content (AvgIpc) is 3.22. The van der Waals surface area contributed by atoms with Crippen LogP contribution in [0.3, 0.4) is 0 Å². The van der Waals surface area contributed by atoms with Crippen molar-refractivity contribution in [3.8, 4) is 22.6 Å². The molecule has 3 aromatic heterocycles. The lowest BCUT2D eigenvalue weighted by Gasteiger charge is -2.06. The van der Waals surface area contributed by atoms with Crippen molar-refractivity contribution < 1.29 is 9.32 Å². The zero-order valence-electron chi connectivity index (χ0n) is 15.3. The molecular formula is C20H16N6O3. The maximum absolute atomic E-state index is 12.3. The van der Waals surface area contributed by atoms with Gasteiger partial charge in [0.15, 0.2) is 0 Å². The summed E-state index contributed by atoms with van der Waals surface area (Å²) in [5, 5.41) is 3.81. The number of aromatic amines is 1. The highest BCUT2D eigenvalue weighted by Gasteiger charge is 2.13. The summed E-state index contributed by atoms with van der Waals surface area (Å²) in [6, 6.07) is 14.3. The molecule has 0 aliphatic heterocycles. The summed E-state index contributed by atoms with van der Waals surface area (Å²) >= 11 is 0.